The number of rotatable bonds is 4. The minimum Gasteiger partial charge on any atom is -0.225 e. The number of tetrazole rings is 1. The molecule has 0 amide bonds. The summed E-state index contributed by atoms with van der Waals surface area (Å²) in [6.07, 6.45) is 1.67. The van der Waals surface area contributed by atoms with E-state index in [1.165, 1.54) is 4.80 Å². The molecule has 0 unspecified atom stereocenters. The second kappa shape index (κ2) is 7.87. The van der Waals surface area contributed by atoms with Gasteiger partial charge in [0.05, 0.1) is 45.7 Å². The van der Waals surface area contributed by atoms with E-state index >= 15 is 0 Å². The Labute approximate surface area is 183 Å². The van der Waals surface area contributed by atoms with E-state index in [2.05, 4.69) is 49.2 Å². The highest BCUT2D eigenvalue weighted by atomic mass is 127. The highest BCUT2D eigenvalue weighted by Gasteiger charge is 2.18. The molecule has 0 aliphatic rings. The minimum atomic E-state index is 0.425. The topological polar surface area (TPSA) is 85.2 Å². The number of hydrogen-bond donors (Lipinski definition) is 0. The normalized spacial score (nSPS) is 10.8. The van der Waals surface area contributed by atoms with Gasteiger partial charge in [0, 0.05) is 0 Å². The first-order chi connectivity index (χ1) is 13.6. The molecule has 0 atom stereocenters. The van der Waals surface area contributed by atoms with E-state index in [0.29, 0.717) is 33.7 Å². The molecule has 2 aromatic heterocycles. The van der Waals surface area contributed by atoms with Crippen molar-refractivity contribution in [3.63, 3.8) is 0 Å². The van der Waals surface area contributed by atoms with Crippen LogP contribution < -0.4 is 0 Å². The quantitative estimate of drug-likeness (QED) is 0.372. The molecule has 0 spiro atoms. The van der Waals surface area contributed by atoms with E-state index in [0.717, 1.165) is 14.8 Å². The summed E-state index contributed by atoms with van der Waals surface area (Å²) in [5.74, 6) is 0.461. The Kier molecular flexibility index (Phi) is 5.30. The van der Waals surface area contributed by atoms with Crippen LogP contribution in [0, 0.1) is 15.0 Å². The summed E-state index contributed by atoms with van der Waals surface area (Å²) in [5.41, 5.74) is 2.99. The van der Waals surface area contributed by atoms with Gasteiger partial charge >= 0.3 is 0 Å². The fraction of sp³-hybridized carbons (Fsp3) is 0.0556. The van der Waals surface area contributed by atoms with Crippen molar-refractivity contribution in [2.45, 2.75) is 6.54 Å². The highest BCUT2D eigenvalue weighted by Crippen LogP contribution is 2.31. The van der Waals surface area contributed by atoms with Crippen molar-refractivity contribution in [3.8, 4) is 23.1 Å². The third-order valence-corrected chi connectivity index (χ3v) is 5.82. The molecule has 138 valence electrons. The molecule has 2 aromatic carbocycles. The van der Waals surface area contributed by atoms with E-state index in [4.69, 9.17) is 28.5 Å². The smallest absolute Gasteiger partial charge is 0.209 e. The summed E-state index contributed by atoms with van der Waals surface area (Å²) >= 11 is 14.6. The summed E-state index contributed by atoms with van der Waals surface area (Å²) in [4.78, 5) is 1.50. The van der Waals surface area contributed by atoms with E-state index in [9.17, 15) is 0 Å². The zero-order valence-electron chi connectivity index (χ0n) is 14.1. The molecule has 7 nitrogen and oxygen atoms in total. The molecule has 2 heterocycles. The second-order valence-corrected chi connectivity index (χ2v) is 7.59. The molecule has 0 saturated heterocycles. The van der Waals surface area contributed by atoms with Gasteiger partial charge in [-0.15, -0.1) is 10.2 Å². The van der Waals surface area contributed by atoms with Crippen LogP contribution in [0.4, 0.5) is 0 Å². The van der Waals surface area contributed by atoms with E-state index in [1.807, 2.05) is 24.3 Å². The fourth-order valence-corrected chi connectivity index (χ4v) is 3.71. The van der Waals surface area contributed by atoms with Crippen LogP contribution in [0.3, 0.4) is 0 Å². The lowest BCUT2D eigenvalue weighted by molar-refractivity contribution is 0.573. The van der Waals surface area contributed by atoms with Crippen molar-refractivity contribution < 1.29 is 0 Å². The van der Waals surface area contributed by atoms with Crippen molar-refractivity contribution in [1.29, 1.82) is 5.26 Å². The van der Waals surface area contributed by atoms with Crippen LogP contribution in [0.1, 0.15) is 11.1 Å². The Morgan fingerprint density at radius 2 is 1.89 bits per heavy atom. The molecule has 28 heavy (non-hydrogen) atoms. The average molecular weight is 522 g/mol. The van der Waals surface area contributed by atoms with Gasteiger partial charge in [-0.2, -0.15) is 15.2 Å². The van der Waals surface area contributed by atoms with Gasteiger partial charge in [-0.3, -0.25) is 0 Å². The first kappa shape index (κ1) is 18.9. The molecule has 0 radical (unpaired) electrons. The molecular formula is C18H10Cl2IN7. The van der Waals surface area contributed by atoms with Gasteiger partial charge in [0.2, 0.25) is 5.82 Å². The molecule has 0 fully saturated rings. The molecule has 4 aromatic rings. The van der Waals surface area contributed by atoms with Gasteiger partial charge in [0.1, 0.15) is 3.70 Å². The SMILES string of the molecule is N#Cc1ccc(Cn2nnc(-c3cnn(-c4cccc(Cl)c4Cl)c3I)n2)cc1. The zero-order valence-corrected chi connectivity index (χ0v) is 17.8. The predicted molar refractivity (Wildman–Crippen MR) is 113 cm³/mol. The summed E-state index contributed by atoms with van der Waals surface area (Å²) in [5, 5.41) is 26.8. The molecule has 4 rings (SSSR count). The van der Waals surface area contributed by atoms with Crippen molar-refractivity contribution in [2.24, 2.45) is 0 Å². The third-order valence-electron chi connectivity index (χ3n) is 3.97. The fourth-order valence-electron chi connectivity index (χ4n) is 2.57. The van der Waals surface area contributed by atoms with Crippen molar-refractivity contribution in [1.82, 2.24) is 30.0 Å². The Balaban J connectivity index is 1.61. The highest BCUT2D eigenvalue weighted by molar-refractivity contribution is 14.1. The number of nitrogens with zero attached hydrogens (tertiary/aromatic N) is 7. The Morgan fingerprint density at radius 1 is 1.11 bits per heavy atom. The van der Waals surface area contributed by atoms with Crippen LogP contribution in [0.25, 0.3) is 17.1 Å². The van der Waals surface area contributed by atoms with E-state index < -0.39 is 0 Å². The van der Waals surface area contributed by atoms with Gasteiger partial charge in [0.15, 0.2) is 0 Å². The van der Waals surface area contributed by atoms with Crippen LogP contribution in [-0.4, -0.2) is 30.0 Å². The van der Waals surface area contributed by atoms with Crippen molar-refractivity contribution in [3.05, 3.63) is 73.5 Å². The molecular weight excluding hydrogens is 512 g/mol. The molecule has 0 N–H and O–H groups in total. The largest absolute Gasteiger partial charge is 0.225 e. The maximum absolute atomic E-state index is 8.88. The van der Waals surface area contributed by atoms with Gasteiger partial charge in [-0.1, -0.05) is 41.4 Å². The third kappa shape index (κ3) is 3.61. The standard InChI is InChI=1S/C18H10Cl2IN7/c19-14-2-1-3-15(16(14)20)28-17(21)13(9-23-28)18-24-26-27(25-18)10-12-6-4-11(8-22)5-7-12/h1-7,9H,10H2. The number of halogens is 3. The average Bonchev–Trinajstić information content (AvgIpc) is 3.31. The van der Waals surface area contributed by atoms with Crippen LogP contribution in [0.2, 0.25) is 10.0 Å². The van der Waals surface area contributed by atoms with Gasteiger partial charge in [-0.05, 0) is 57.6 Å². The summed E-state index contributed by atoms with van der Waals surface area (Å²) in [6, 6.07) is 14.7. The molecule has 10 heteroatoms. The lowest BCUT2D eigenvalue weighted by atomic mass is 10.1. The minimum absolute atomic E-state index is 0.425. The number of hydrogen-bond acceptors (Lipinski definition) is 5. The lowest BCUT2D eigenvalue weighted by Gasteiger charge is -2.07. The number of nitriles is 1. The lowest BCUT2D eigenvalue weighted by Crippen LogP contribution is -2.04. The molecule has 0 saturated carbocycles. The maximum Gasteiger partial charge on any atom is 0.209 e. The molecule has 0 aliphatic heterocycles. The van der Waals surface area contributed by atoms with E-state index in [-0.39, 0.29) is 0 Å². The van der Waals surface area contributed by atoms with Crippen LogP contribution in [0.15, 0.2) is 48.7 Å². The molecule has 0 bridgehead atoms. The van der Waals surface area contributed by atoms with Gasteiger partial charge in [0.25, 0.3) is 0 Å². The second-order valence-electron chi connectivity index (χ2n) is 5.79. The zero-order chi connectivity index (χ0) is 19.7. The molecule has 0 aliphatic carbocycles. The maximum atomic E-state index is 8.88. The van der Waals surface area contributed by atoms with Gasteiger partial charge < -0.3 is 0 Å². The summed E-state index contributed by atoms with van der Waals surface area (Å²) in [6.45, 7) is 0.448. The van der Waals surface area contributed by atoms with Crippen LogP contribution in [-0.2, 0) is 6.54 Å². The first-order valence-electron chi connectivity index (χ1n) is 8.02. The monoisotopic (exact) mass is 521 g/mol. The summed E-state index contributed by atoms with van der Waals surface area (Å²) in [7, 11) is 0. The predicted octanol–water partition coefficient (Wildman–Crippen LogP) is 4.36. The Hall–Kier alpha value is -2.48. The number of benzene rings is 2. The first-order valence-corrected chi connectivity index (χ1v) is 9.85. The van der Waals surface area contributed by atoms with Crippen LogP contribution >= 0.6 is 45.8 Å². The number of aromatic nitrogens is 6. The van der Waals surface area contributed by atoms with Gasteiger partial charge in [-0.25, -0.2) is 4.68 Å². The van der Waals surface area contributed by atoms with Crippen molar-refractivity contribution >= 4 is 45.8 Å². The Bertz CT molecular complexity index is 1190. The van der Waals surface area contributed by atoms with Crippen molar-refractivity contribution in [2.75, 3.05) is 0 Å². The summed E-state index contributed by atoms with van der Waals surface area (Å²) < 4.78 is 2.48. The Morgan fingerprint density at radius 3 is 2.64 bits per heavy atom. The van der Waals surface area contributed by atoms with Crippen LogP contribution in [0.5, 0.6) is 0 Å². The van der Waals surface area contributed by atoms with E-state index in [1.54, 1.807) is 29.1 Å².